The maximum absolute atomic E-state index is 12.5. The summed E-state index contributed by atoms with van der Waals surface area (Å²) in [6.45, 7) is 5.58. The van der Waals surface area contributed by atoms with Crippen molar-refractivity contribution in [3.63, 3.8) is 0 Å². The Morgan fingerprint density at radius 3 is 1.65 bits per heavy atom. The lowest BCUT2D eigenvalue weighted by atomic mass is 10.0. The van der Waals surface area contributed by atoms with Crippen molar-refractivity contribution in [3.8, 4) is 0 Å². The fourth-order valence-electron chi connectivity index (χ4n) is 5.51. The van der Waals surface area contributed by atoms with Gasteiger partial charge < -0.3 is 10.6 Å². The van der Waals surface area contributed by atoms with Gasteiger partial charge in [-0.3, -0.25) is 9.59 Å². The molecule has 0 bridgehead atoms. The number of fused-ring (bicyclic) bond motifs is 4. The minimum atomic E-state index is -0.0701. The molecular formula is C42H38Cl2N4O2S2. The van der Waals surface area contributed by atoms with Gasteiger partial charge in [-0.1, -0.05) is 122 Å². The highest BCUT2D eigenvalue weighted by Gasteiger charge is 2.20. The molecule has 0 aliphatic carbocycles. The van der Waals surface area contributed by atoms with Gasteiger partial charge in [0.25, 0.3) is 11.8 Å². The highest BCUT2D eigenvalue weighted by molar-refractivity contribution is 8.00. The topological polar surface area (TPSA) is 82.9 Å². The molecule has 10 heteroatoms. The van der Waals surface area contributed by atoms with Crippen molar-refractivity contribution in [1.29, 1.82) is 0 Å². The first-order valence-corrected chi connectivity index (χ1v) is 19.7. The fourth-order valence-corrected chi connectivity index (χ4v) is 7.96. The van der Waals surface area contributed by atoms with Gasteiger partial charge in [0.2, 0.25) is 0 Å². The molecule has 0 saturated heterocycles. The summed E-state index contributed by atoms with van der Waals surface area (Å²) in [6, 6.07) is 35.2. The number of nitrogens with one attached hydrogen (secondary N) is 2. The van der Waals surface area contributed by atoms with E-state index in [2.05, 4.69) is 41.6 Å². The number of benzene rings is 5. The zero-order valence-electron chi connectivity index (χ0n) is 28.9. The molecule has 264 valence electrons. The zero-order valence-corrected chi connectivity index (χ0v) is 32.1. The molecule has 0 saturated carbocycles. The standard InChI is InChI=1S/C24H21ClN2OS.C18H17ClN2OS/c1-2-3-14-26-24(28)17-10-13-22-20(15-17)27-23(16-8-11-18(25)12-9-16)19-6-4-5-7-21(19)29-22;1-2-3-10-20-18(22)12-8-9-16-14(11-12)21-17(19)13-6-4-5-7-15(13)23-16/h4-13,15H,2-3,14H2,1H3,(H,26,28);4-9,11H,2-3,10H2,1H3,(H,20,22). The van der Waals surface area contributed by atoms with Gasteiger partial charge in [0.15, 0.2) is 0 Å². The molecule has 52 heavy (non-hydrogen) atoms. The average molecular weight is 766 g/mol. The molecule has 2 aliphatic rings. The Kier molecular flexibility index (Phi) is 12.9. The summed E-state index contributed by atoms with van der Waals surface area (Å²) >= 11 is 15.7. The lowest BCUT2D eigenvalue weighted by molar-refractivity contribution is 0.0945. The number of unbranched alkanes of at least 4 members (excludes halogenated alkanes) is 2. The summed E-state index contributed by atoms with van der Waals surface area (Å²) in [7, 11) is 0. The molecule has 7 rings (SSSR count). The number of hydrogen-bond acceptors (Lipinski definition) is 6. The Morgan fingerprint density at radius 2 is 1.10 bits per heavy atom. The van der Waals surface area contributed by atoms with E-state index in [1.807, 2.05) is 91.0 Å². The van der Waals surface area contributed by atoms with Crippen molar-refractivity contribution in [2.45, 2.75) is 59.1 Å². The maximum Gasteiger partial charge on any atom is 0.251 e. The molecule has 0 fully saturated rings. The molecule has 0 unspecified atom stereocenters. The van der Waals surface area contributed by atoms with Crippen LogP contribution in [-0.2, 0) is 0 Å². The number of nitrogens with zero attached hydrogens (tertiary/aromatic N) is 2. The molecule has 5 aromatic rings. The molecule has 0 aromatic heterocycles. The van der Waals surface area contributed by atoms with Crippen LogP contribution >= 0.6 is 46.7 Å². The molecule has 2 aliphatic heterocycles. The van der Waals surface area contributed by atoms with Gasteiger partial charge in [0, 0.05) is 65.5 Å². The third-order valence-corrected chi connectivity index (χ3v) is 11.2. The Labute approximate surface area is 323 Å². The summed E-state index contributed by atoms with van der Waals surface area (Å²) in [6.07, 6.45) is 4.06. The molecular weight excluding hydrogens is 728 g/mol. The van der Waals surface area contributed by atoms with Crippen LogP contribution in [0.2, 0.25) is 5.02 Å². The van der Waals surface area contributed by atoms with Crippen molar-refractivity contribution in [3.05, 3.63) is 142 Å². The summed E-state index contributed by atoms with van der Waals surface area (Å²) in [5.41, 5.74) is 6.65. The summed E-state index contributed by atoms with van der Waals surface area (Å²) in [4.78, 5) is 38.4. The number of amides is 2. The number of hydrogen-bond donors (Lipinski definition) is 2. The second-order valence-electron chi connectivity index (χ2n) is 12.2. The lowest BCUT2D eigenvalue weighted by Gasteiger charge is -2.09. The average Bonchev–Trinajstić information content (AvgIpc) is 3.42. The van der Waals surface area contributed by atoms with Crippen LogP contribution in [0.25, 0.3) is 0 Å². The Morgan fingerprint density at radius 1 is 0.596 bits per heavy atom. The van der Waals surface area contributed by atoms with Gasteiger partial charge in [0.05, 0.1) is 17.1 Å². The smallest absolute Gasteiger partial charge is 0.251 e. The highest BCUT2D eigenvalue weighted by Crippen LogP contribution is 2.42. The number of halogens is 2. The first kappa shape index (κ1) is 37.4. The van der Waals surface area contributed by atoms with Crippen LogP contribution in [-0.4, -0.2) is 35.8 Å². The van der Waals surface area contributed by atoms with Crippen LogP contribution in [0.4, 0.5) is 11.4 Å². The predicted octanol–water partition coefficient (Wildman–Crippen LogP) is 11.5. The van der Waals surface area contributed by atoms with Gasteiger partial charge >= 0.3 is 0 Å². The fraction of sp³-hybridized carbons (Fsp3) is 0.190. The molecule has 2 amide bonds. The minimum absolute atomic E-state index is 0.0590. The van der Waals surface area contributed by atoms with Crippen LogP contribution in [0.1, 0.15) is 76.9 Å². The molecule has 0 atom stereocenters. The van der Waals surface area contributed by atoms with Crippen molar-refractivity contribution in [1.82, 2.24) is 10.6 Å². The molecule has 0 spiro atoms. The monoisotopic (exact) mass is 764 g/mol. The van der Waals surface area contributed by atoms with Gasteiger partial charge in [-0.2, -0.15) is 0 Å². The van der Waals surface area contributed by atoms with E-state index in [4.69, 9.17) is 28.2 Å². The highest BCUT2D eigenvalue weighted by atomic mass is 35.5. The van der Waals surface area contributed by atoms with Crippen LogP contribution < -0.4 is 10.6 Å². The molecule has 2 heterocycles. The van der Waals surface area contributed by atoms with Crippen LogP contribution in [0.3, 0.4) is 0 Å². The van der Waals surface area contributed by atoms with Crippen molar-refractivity contribution in [2.75, 3.05) is 13.1 Å². The van der Waals surface area contributed by atoms with E-state index in [9.17, 15) is 9.59 Å². The van der Waals surface area contributed by atoms with E-state index in [0.717, 1.165) is 79.0 Å². The number of carbonyl (C=O) groups is 2. The lowest BCUT2D eigenvalue weighted by Crippen LogP contribution is -2.24. The molecule has 0 radical (unpaired) electrons. The van der Waals surface area contributed by atoms with Gasteiger partial charge in [-0.05, 0) is 73.5 Å². The van der Waals surface area contributed by atoms with Crippen LogP contribution in [0.5, 0.6) is 0 Å². The van der Waals surface area contributed by atoms with Crippen LogP contribution in [0.15, 0.2) is 139 Å². The predicted molar refractivity (Wildman–Crippen MR) is 217 cm³/mol. The first-order chi connectivity index (χ1) is 25.3. The van der Waals surface area contributed by atoms with E-state index in [0.29, 0.717) is 34.4 Å². The second kappa shape index (κ2) is 17.9. The summed E-state index contributed by atoms with van der Waals surface area (Å²) in [5.74, 6) is -0.129. The molecule has 6 nitrogen and oxygen atoms in total. The second-order valence-corrected chi connectivity index (χ2v) is 15.1. The zero-order chi connectivity index (χ0) is 36.5. The van der Waals surface area contributed by atoms with Gasteiger partial charge in [-0.25, -0.2) is 9.98 Å². The van der Waals surface area contributed by atoms with Gasteiger partial charge in [-0.15, -0.1) is 0 Å². The Balaban J connectivity index is 0.000000183. The van der Waals surface area contributed by atoms with Crippen molar-refractivity contribution < 1.29 is 9.59 Å². The molecule has 2 N–H and O–H groups in total. The summed E-state index contributed by atoms with van der Waals surface area (Å²) < 4.78 is 0. The van der Waals surface area contributed by atoms with E-state index in [1.54, 1.807) is 29.6 Å². The van der Waals surface area contributed by atoms with E-state index in [-0.39, 0.29) is 11.8 Å². The van der Waals surface area contributed by atoms with E-state index in [1.165, 1.54) is 0 Å². The molecule has 5 aromatic carbocycles. The largest absolute Gasteiger partial charge is 0.352 e. The van der Waals surface area contributed by atoms with E-state index >= 15 is 0 Å². The van der Waals surface area contributed by atoms with Crippen LogP contribution in [0, 0.1) is 0 Å². The number of aliphatic imine (C=N–C) groups is 2. The minimum Gasteiger partial charge on any atom is -0.352 e. The number of rotatable bonds is 9. The first-order valence-electron chi connectivity index (χ1n) is 17.3. The van der Waals surface area contributed by atoms with Gasteiger partial charge in [0.1, 0.15) is 5.17 Å². The third-order valence-electron chi connectivity index (χ3n) is 8.33. The summed E-state index contributed by atoms with van der Waals surface area (Å²) in [5, 5.41) is 7.05. The Hall–Kier alpha value is -4.34. The normalized spacial score (nSPS) is 12.5. The van der Waals surface area contributed by atoms with E-state index < -0.39 is 0 Å². The Bertz CT molecular complexity index is 2150. The van der Waals surface area contributed by atoms with Crippen molar-refractivity contribution >= 4 is 80.8 Å². The SMILES string of the molecule is CCCCNC(=O)c1ccc2c(c1)N=C(Cl)c1ccccc1S2.CCCCNC(=O)c1ccc2c(c1)N=C(c1ccc(Cl)cc1)c1ccccc1S2. The maximum atomic E-state index is 12.5. The quantitative estimate of drug-likeness (QED) is 0.144. The van der Waals surface area contributed by atoms with Crippen molar-refractivity contribution in [2.24, 2.45) is 9.98 Å². The third kappa shape index (κ3) is 9.17. The number of carbonyl (C=O) groups excluding carboxylic acids is 2.